The molecule has 37 heavy (non-hydrogen) atoms. The molecule has 0 saturated carbocycles. The third-order valence-corrected chi connectivity index (χ3v) is 6.48. The van der Waals surface area contributed by atoms with E-state index in [1.807, 2.05) is 99.6 Å². The topological polar surface area (TPSA) is 74.4 Å². The van der Waals surface area contributed by atoms with E-state index in [4.69, 9.17) is 4.74 Å². The highest BCUT2D eigenvalue weighted by Gasteiger charge is 2.39. The van der Waals surface area contributed by atoms with Gasteiger partial charge in [-0.1, -0.05) is 60.7 Å². The molecule has 1 aromatic heterocycles. The van der Waals surface area contributed by atoms with E-state index in [2.05, 4.69) is 10.3 Å². The predicted molar refractivity (Wildman–Crippen MR) is 146 cm³/mol. The number of nitrogens with one attached hydrogen (secondary N) is 2. The summed E-state index contributed by atoms with van der Waals surface area (Å²) in [7, 11) is 1.62. The van der Waals surface area contributed by atoms with E-state index in [1.54, 1.807) is 18.1 Å². The average molecular weight is 494 g/mol. The zero-order valence-electron chi connectivity index (χ0n) is 21.5. The van der Waals surface area contributed by atoms with Crippen molar-refractivity contribution in [3.63, 3.8) is 0 Å². The van der Waals surface area contributed by atoms with Crippen LogP contribution in [0.3, 0.4) is 0 Å². The number of carbonyl (C=O) groups is 2. The first-order valence-electron chi connectivity index (χ1n) is 12.4. The number of hydrogen-bond acceptors (Lipinski definition) is 3. The zero-order chi connectivity index (χ0) is 26.2. The van der Waals surface area contributed by atoms with Crippen LogP contribution in [-0.4, -0.2) is 34.3 Å². The predicted octanol–water partition coefficient (Wildman–Crippen LogP) is 5.61. The lowest BCUT2D eigenvalue weighted by Crippen LogP contribution is -2.48. The van der Waals surface area contributed by atoms with Crippen molar-refractivity contribution in [3.05, 3.63) is 107 Å². The first-order valence-corrected chi connectivity index (χ1v) is 12.4. The van der Waals surface area contributed by atoms with E-state index in [0.717, 1.165) is 38.9 Å². The maximum absolute atomic E-state index is 13.9. The number of nitrogens with zero attached hydrogens (tertiary/aromatic N) is 1. The Balaban J connectivity index is 1.73. The molecule has 1 atom stereocenters. The van der Waals surface area contributed by atoms with Gasteiger partial charge >= 0.3 is 0 Å². The molecule has 0 radical (unpaired) electrons. The maximum atomic E-state index is 13.9. The summed E-state index contributed by atoms with van der Waals surface area (Å²) < 4.78 is 5.30. The number of carbonyl (C=O) groups excluding carboxylic acids is 2. The number of ether oxygens (including phenoxy) is 1. The van der Waals surface area contributed by atoms with E-state index < -0.39 is 11.6 Å². The lowest BCUT2D eigenvalue weighted by atomic mass is 9.93. The summed E-state index contributed by atoms with van der Waals surface area (Å²) in [6, 6.07) is 24.5. The average Bonchev–Trinajstić information content (AvgIpc) is 3.20. The largest absolute Gasteiger partial charge is 0.497 e. The standard InChI is InChI=1S/C31H31N3O3/c1-31(2,3)33-30(36)29-28-27(23-12-8-9-13-25(23)32-28)24(21-10-6-5-7-11-21)18-26(35)34(29)19-20-14-16-22(37-4)17-15-20/h5-18,29,32H,19H2,1-4H3,(H,33,36). The summed E-state index contributed by atoms with van der Waals surface area (Å²) in [5.41, 5.74) is 4.64. The molecule has 1 aliphatic rings. The van der Waals surface area contributed by atoms with Gasteiger partial charge in [0.05, 0.1) is 12.8 Å². The Labute approximate surface area is 217 Å². The number of amides is 2. The van der Waals surface area contributed by atoms with Gasteiger partial charge < -0.3 is 19.9 Å². The van der Waals surface area contributed by atoms with Crippen molar-refractivity contribution in [2.45, 2.75) is 38.9 Å². The van der Waals surface area contributed by atoms with Gasteiger partial charge in [0, 0.05) is 34.6 Å². The fourth-order valence-corrected chi connectivity index (χ4v) is 4.87. The summed E-state index contributed by atoms with van der Waals surface area (Å²) in [5, 5.41) is 4.09. The Morgan fingerprint density at radius 1 is 0.973 bits per heavy atom. The van der Waals surface area contributed by atoms with E-state index in [-0.39, 0.29) is 18.4 Å². The highest BCUT2D eigenvalue weighted by Crippen LogP contribution is 2.41. The number of benzene rings is 3. The van der Waals surface area contributed by atoms with Crippen LogP contribution in [0.2, 0.25) is 0 Å². The van der Waals surface area contributed by atoms with Crippen LogP contribution in [0.5, 0.6) is 5.75 Å². The summed E-state index contributed by atoms with van der Waals surface area (Å²) in [6.45, 7) is 6.09. The van der Waals surface area contributed by atoms with Gasteiger partial charge in [-0.15, -0.1) is 0 Å². The van der Waals surface area contributed by atoms with Crippen LogP contribution in [-0.2, 0) is 16.1 Å². The van der Waals surface area contributed by atoms with Crippen molar-refractivity contribution < 1.29 is 14.3 Å². The number of hydrogen-bond donors (Lipinski definition) is 2. The highest BCUT2D eigenvalue weighted by atomic mass is 16.5. The first-order chi connectivity index (χ1) is 17.7. The van der Waals surface area contributed by atoms with Crippen LogP contribution in [0.1, 0.15) is 49.2 Å². The number of para-hydroxylation sites is 1. The van der Waals surface area contributed by atoms with Crippen LogP contribution >= 0.6 is 0 Å². The Morgan fingerprint density at radius 3 is 2.32 bits per heavy atom. The van der Waals surface area contributed by atoms with Crippen LogP contribution in [0.15, 0.2) is 84.9 Å². The third-order valence-electron chi connectivity index (χ3n) is 6.48. The number of fused-ring (bicyclic) bond motifs is 3. The molecule has 188 valence electrons. The third kappa shape index (κ3) is 4.87. The van der Waals surface area contributed by atoms with E-state index in [9.17, 15) is 9.59 Å². The molecule has 2 amide bonds. The van der Waals surface area contributed by atoms with Crippen molar-refractivity contribution in [2.75, 3.05) is 7.11 Å². The molecule has 0 saturated heterocycles. The second kappa shape index (κ2) is 9.62. The monoisotopic (exact) mass is 493 g/mol. The smallest absolute Gasteiger partial charge is 0.249 e. The highest BCUT2D eigenvalue weighted by molar-refractivity contribution is 6.09. The molecule has 2 N–H and O–H groups in total. The molecule has 6 nitrogen and oxygen atoms in total. The minimum Gasteiger partial charge on any atom is -0.497 e. The Bertz CT molecular complexity index is 1480. The number of H-pyrrole nitrogens is 1. The fourth-order valence-electron chi connectivity index (χ4n) is 4.87. The van der Waals surface area contributed by atoms with E-state index >= 15 is 0 Å². The van der Waals surface area contributed by atoms with Crippen molar-refractivity contribution >= 4 is 28.3 Å². The minimum absolute atomic E-state index is 0.225. The van der Waals surface area contributed by atoms with Crippen LogP contribution in [0.25, 0.3) is 16.5 Å². The molecule has 0 fully saturated rings. The maximum Gasteiger partial charge on any atom is 0.249 e. The van der Waals surface area contributed by atoms with Crippen molar-refractivity contribution in [1.29, 1.82) is 0 Å². The normalized spacial score (nSPS) is 15.7. The summed E-state index contributed by atoms with van der Waals surface area (Å²) >= 11 is 0. The second-order valence-electron chi connectivity index (χ2n) is 10.3. The molecule has 0 bridgehead atoms. The molecule has 4 aromatic rings. The van der Waals surface area contributed by atoms with E-state index in [1.165, 1.54) is 0 Å². The van der Waals surface area contributed by atoms with Crippen molar-refractivity contribution in [1.82, 2.24) is 15.2 Å². The lowest BCUT2D eigenvalue weighted by Gasteiger charge is -2.32. The van der Waals surface area contributed by atoms with Crippen molar-refractivity contribution in [3.8, 4) is 5.75 Å². The van der Waals surface area contributed by atoms with Gasteiger partial charge in [-0.05, 0) is 55.7 Å². The minimum atomic E-state index is -0.853. The molecule has 2 heterocycles. The zero-order valence-corrected chi connectivity index (χ0v) is 21.5. The lowest BCUT2D eigenvalue weighted by molar-refractivity contribution is -0.139. The van der Waals surface area contributed by atoms with Crippen LogP contribution in [0, 0.1) is 0 Å². The molecule has 6 heteroatoms. The van der Waals surface area contributed by atoms with Gasteiger partial charge in [0.25, 0.3) is 0 Å². The van der Waals surface area contributed by atoms with E-state index in [0.29, 0.717) is 5.69 Å². The molecule has 0 spiro atoms. The number of rotatable bonds is 5. The van der Waals surface area contributed by atoms with Gasteiger partial charge in [-0.3, -0.25) is 9.59 Å². The Morgan fingerprint density at radius 2 is 1.65 bits per heavy atom. The van der Waals surface area contributed by atoms with Gasteiger partial charge in [0.1, 0.15) is 5.75 Å². The molecule has 1 aliphatic heterocycles. The second-order valence-corrected chi connectivity index (χ2v) is 10.3. The molecule has 5 rings (SSSR count). The Kier molecular flexibility index (Phi) is 6.34. The van der Waals surface area contributed by atoms with Gasteiger partial charge in [-0.2, -0.15) is 0 Å². The molecule has 0 aliphatic carbocycles. The SMILES string of the molecule is COc1ccc(CN2C(=O)C=C(c3ccccc3)c3c([nH]c4ccccc34)C2C(=O)NC(C)(C)C)cc1. The molecule has 1 unspecified atom stereocenters. The van der Waals surface area contributed by atoms with Gasteiger partial charge in [-0.25, -0.2) is 0 Å². The summed E-state index contributed by atoms with van der Waals surface area (Å²) in [4.78, 5) is 33.0. The molecular weight excluding hydrogens is 462 g/mol. The first kappa shape index (κ1) is 24.4. The summed E-state index contributed by atoms with van der Waals surface area (Å²) in [5.74, 6) is 0.277. The van der Waals surface area contributed by atoms with Crippen LogP contribution < -0.4 is 10.1 Å². The number of aromatic nitrogens is 1. The molecular formula is C31H31N3O3. The number of aromatic amines is 1. The number of methoxy groups -OCH3 is 1. The van der Waals surface area contributed by atoms with Crippen molar-refractivity contribution in [2.24, 2.45) is 0 Å². The summed E-state index contributed by atoms with van der Waals surface area (Å²) in [6.07, 6.45) is 1.67. The van der Waals surface area contributed by atoms with Crippen LogP contribution in [0.4, 0.5) is 0 Å². The quantitative estimate of drug-likeness (QED) is 0.380. The molecule has 3 aromatic carbocycles. The fraction of sp³-hybridized carbons (Fsp3) is 0.226. The van der Waals surface area contributed by atoms with Gasteiger partial charge in [0.15, 0.2) is 6.04 Å². The Hall–Kier alpha value is -4.32. The van der Waals surface area contributed by atoms with Gasteiger partial charge in [0.2, 0.25) is 11.8 Å².